The standard InChI is InChI=1S/C14H16F2N2O3/c1-2-4-14(13(20)21)5-7-18(8-14)12(19)9-3-6-17-11(16)10(9)15/h3,6H,2,4-5,7-8H2,1H3,(H,20,21). The molecule has 0 aliphatic carbocycles. The summed E-state index contributed by atoms with van der Waals surface area (Å²) in [4.78, 5) is 28.1. The second kappa shape index (κ2) is 5.75. The summed E-state index contributed by atoms with van der Waals surface area (Å²) in [5.74, 6) is -4.29. The van der Waals surface area contributed by atoms with Gasteiger partial charge >= 0.3 is 5.97 Å². The summed E-state index contributed by atoms with van der Waals surface area (Å²) in [6.45, 7) is 2.10. The number of amides is 1. The van der Waals surface area contributed by atoms with Crippen molar-refractivity contribution in [1.82, 2.24) is 9.88 Å². The van der Waals surface area contributed by atoms with E-state index in [1.165, 1.54) is 4.90 Å². The first kappa shape index (κ1) is 15.3. The highest BCUT2D eigenvalue weighted by molar-refractivity contribution is 5.95. The Bertz CT molecular complexity index is 579. The smallest absolute Gasteiger partial charge is 0.311 e. The maximum absolute atomic E-state index is 13.6. The van der Waals surface area contributed by atoms with Crippen molar-refractivity contribution in [2.75, 3.05) is 13.1 Å². The van der Waals surface area contributed by atoms with Crippen molar-refractivity contribution < 1.29 is 23.5 Å². The van der Waals surface area contributed by atoms with E-state index in [1.807, 2.05) is 6.92 Å². The van der Waals surface area contributed by atoms with Crippen LogP contribution in [0.15, 0.2) is 12.3 Å². The molecule has 1 atom stereocenters. The lowest BCUT2D eigenvalue weighted by molar-refractivity contribution is -0.148. The number of carboxylic acid groups (broad SMARTS) is 1. The fourth-order valence-electron chi connectivity index (χ4n) is 2.76. The van der Waals surface area contributed by atoms with Gasteiger partial charge in [-0.3, -0.25) is 9.59 Å². The molecule has 7 heteroatoms. The molecule has 1 unspecified atom stereocenters. The Kier molecular flexibility index (Phi) is 4.20. The molecule has 1 aromatic rings. The van der Waals surface area contributed by atoms with Crippen LogP contribution in [0.3, 0.4) is 0 Å². The first-order valence-electron chi connectivity index (χ1n) is 6.74. The average Bonchev–Trinajstić information content (AvgIpc) is 2.87. The van der Waals surface area contributed by atoms with Crippen molar-refractivity contribution in [2.45, 2.75) is 26.2 Å². The average molecular weight is 298 g/mol. The van der Waals surface area contributed by atoms with Gasteiger partial charge in [0, 0.05) is 19.3 Å². The van der Waals surface area contributed by atoms with Crippen LogP contribution in [0, 0.1) is 17.2 Å². The normalized spacial score (nSPS) is 21.6. The van der Waals surface area contributed by atoms with Gasteiger partial charge in [0.05, 0.1) is 11.0 Å². The van der Waals surface area contributed by atoms with Gasteiger partial charge < -0.3 is 10.0 Å². The quantitative estimate of drug-likeness (QED) is 0.864. The number of carbonyl (C=O) groups excluding carboxylic acids is 1. The van der Waals surface area contributed by atoms with Gasteiger partial charge in [-0.05, 0) is 18.9 Å². The molecular formula is C14H16F2N2O3. The Labute approximate surface area is 120 Å². The first-order valence-corrected chi connectivity index (χ1v) is 6.74. The number of halogens is 2. The predicted octanol–water partition coefficient (Wildman–Crippen LogP) is 2.08. The van der Waals surface area contributed by atoms with E-state index in [2.05, 4.69) is 4.98 Å². The van der Waals surface area contributed by atoms with Crippen molar-refractivity contribution in [2.24, 2.45) is 5.41 Å². The molecule has 114 valence electrons. The van der Waals surface area contributed by atoms with Crippen molar-refractivity contribution in [1.29, 1.82) is 0 Å². The Morgan fingerprint density at radius 2 is 2.19 bits per heavy atom. The molecular weight excluding hydrogens is 282 g/mol. The molecule has 0 aromatic carbocycles. The Morgan fingerprint density at radius 1 is 1.48 bits per heavy atom. The number of carbonyl (C=O) groups is 2. The van der Waals surface area contributed by atoms with E-state index in [0.717, 1.165) is 12.3 Å². The van der Waals surface area contributed by atoms with Crippen LogP contribution in [-0.4, -0.2) is 40.0 Å². The van der Waals surface area contributed by atoms with Crippen LogP contribution in [0.1, 0.15) is 36.5 Å². The van der Waals surface area contributed by atoms with Crippen LogP contribution < -0.4 is 0 Å². The lowest BCUT2D eigenvalue weighted by Gasteiger charge is -2.24. The molecule has 0 radical (unpaired) electrons. The number of rotatable bonds is 4. The minimum atomic E-state index is -1.34. The second-order valence-electron chi connectivity index (χ2n) is 5.28. The predicted molar refractivity (Wildman–Crippen MR) is 69.7 cm³/mol. The molecule has 1 amide bonds. The number of pyridine rings is 1. The van der Waals surface area contributed by atoms with Gasteiger partial charge in [-0.25, -0.2) is 9.37 Å². The van der Waals surface area contributed by atoms with E-state index >= 15 is 0 Å². The molecule has 1 aliphatic heterocycles. The van der Waals surface area contributed by atoms with Crippen molar-refractivity contribution in [3.8, 4) is 0 Å². The Morgan fingerprint density at radius 3 is 2.81 bits per heavy atom. The van der Waals surface area contributed by atoms with Crippen LogP contribution >= 0.6 is 0 Å². The number of carboxylic acids is 1. The van der Waals surface area contributed by atoms with E-state index in [-0.39, 0.29) is 13.1 Å². The SMILES string of the molecule is CCCC1(C(=O)O)CCN(C(=O)c2ccnc(F)c2F)C1. The number of likely N-dealkylation sites (tertiary alicyclic amines) is 1. The van der Waals surface area contributed by atoms with Crippen LogP contribution in [0.2, 0.25) is 0 Å². The molecule has 1 fully saturated rings. The number of nitrogens with zero attached hydrogens (tertiary/aromatic N) is 2. The zero-order chi connectivity index (χ0) is 15.6. The topological polar surface area (TPSA) is 70.5 Å². The van der Waals surface area contributed by atoms with Crippen LogP contribution in [0.25, 0.3) is 0 Å². The van der Waals surface area contributed by atoms with Gasteiger partial charge in [0.2, 0.25) is 5.95 Å². The minimum Gasteiger partial charge on any atom is -0.481 e. The molecule has 1 aliphatic rings. The molecule has 1 aromatic heterocycles. The largest absolute Gasteiger partial charge is 0.481 e. The van der Waals surface area contributed by atoms with Crippen LogP contribution in [0.5, 0.6) is 0 Å². The molecule has 5 nitrogen and oxygen atoms in total. The Balaban J connectivity index is 2.23. The van der Waals surface area contributed by atoms with E-state index in [1.54, 1.807) is 0 Å². The maximum atomic E-state index is 13.6. The van der Waals surface area contributed by atoms with Gasteiger partial charge in [-0.2, -0.15) is 4.39 Å². The van der Waals surface area contributed by atoms with Gasteiger partial charge in [0.1, 0.15) is 0 Å². The second-order valence-corrected chi connectivity index (χ2v) is 5.28. The number of hydrogen-bond donors (Lipinski definition) is 1. The molecule has 2 heterocycles. The third-order valence-corrected chi connectivity index (χ3v) is 3.90. The molecule has 0 spiro atoms. The highest BCUT2D eigenvalue weighted by Crippen LogP contribution is 2.36. The summed E-state index contributed by atoms with van der Waals surface area (Å²) < 4.78 is 26.7. The number of aromatic nitrogens is 1. The molecule has 2 rings (SSSR count). The van der Waals surface area contributed by atoms with Gasteiger partial charge in [0.25, 0.3) is 5.91 Å². The number of aliphatic carboxylic acids is 1. The van der Waals surface area contributed by atoms with Gasteiger partial charge in [-0.15, -0.1) is 0 Å². The monoisotopic (exact) mass is 298 g/mol. The summed E-state index contributed by atoms with van der Waals surface area (Å²) in [6.07, 6.45) is 2.45. The fourth-order valence-corrected chi connectivity index (χ4v) is 2.76. The van der Waals surface area contributed by atoms with E-state index in [9.17, 15) is 23.5 Å². The minimum absolute atomic E-state index is 0.0123. The summed E-state index contributed by atoms with van der Waals surface area (Å²) in [7, 11) is 0. The highest BCUT2D eigenvalue weighted by Gasteiger charge is 2.45. The highest BCUT2D eigenvalue weighted by atomic mass is 19.2. The summed E-state index contributed by atoms with van der Waals surface area (Å²) in [6, 6.07) is 1.10. The molecule has 0 bridgehead atoms. The molecule has 21 heavy (non-hydrogen) atoms. The van der Waals surface area contributed by atoms with E-state index in [4.69, 9.17) is 0 Å². The zero-order valence-corrected chi connectivity index (χ0v) is 11.6. The van der Waals surface area contributed by atoms with Crippen molar-refractivity contribution in [3.63, 3.8) is 0 Å². The molecule has 1 N–H and O–H groups in total. The summed E-state index contributed by atoms with van der Waals surface area (Å²) >= 11 is 0. The van der Waals surface area contributed by atoms with Crippen LogP contribution in [0.4, 0.5) is 8.78 Å². The molecule has 0 saturated carbocycles. The van der Waals surface area contributed by atoms with Gasteiger partial charge in [0.15, 0.2) is 5.82 Å². The van der Waals surface area contributed by atoms with E-state index < -0.39 is 34.6 Å². The summed E-state index contributed by atoms with van der Waals surface area (Å²) in [5, 5.41) is 9.38. The third-order valence-electron chi connectivity index (χ3n) is 3.90. The fraction of sp³-hybridized carbons (Fsp3) is 0.500. The zero-order valence-electron chi connectivity index (χ0n) is 11.6. The lowest BCUT2D eigenvalue weighted by atomic mass is 9.83. The third kappa shape index (κ3) is 2.72. The summed E-state index contributed by atoms with van der Waals surface area (Å²) in [5.41, 5.74) is -1.41. The van der Waals surface area contributed by atoms with Crippen molar-refractivity contribution >= 4 is 11.9 Å². The van der Waals surface area contributed by atoms with E-state index in [0.29, 0.717) is 19.3 Å². The first-order chi connectivity index (χ1) is 9.91. The maximum Gasteiger partial charge on any atom is 0.311 e. The number of hydrogen-bond acceptors (Lipinski definition) is 3. The molecule has 1 saturated heterocycles. The lowest BCUT2D eigenvalue weighted by Crippen LogP contribution is -2.37. The van der Waals surface area contributed by atoms with Crippen molar-refractivity contribution in [3.05, 3.63) is 29.6 Å². The van der Waals surface area contributed by atoms with Crippen LogP contribution in [-0.2, 0) is 4.79 Å². The Hall–Kier alpha value is -2.05. The van der Waals surface area contributed by atoms with Gasteiger partial charge in [-0.1, -0.05) is 13.3 Å².